The number of aliphatic hydroxyl groups excluding tert-OH is 2. The van der Waals surface area contributed by atoms with E-state index in [9.17, 15) is 0 Å². The predicted molar refractivity (Wildman–Crippen MR) is 179 cm³/mol. The van der Waals surface area contributed by atoms with Crippen LogP contribution < -0.4 is 15.4 Å². The largest absolute Gasteiger partial charge is 0.496 e. The van der Waals surface area contributed by atoms with E-state index in [1.54, 1.807) is 25.3 Å². The number of aromatic nitrogens is 1. The molecule has 0 unspecified atom stereocenters. The zero-order valence-electron chi connectivity index (χ0n) is 25.6. The molecule has 4 aromatic carbocycles. The van der Waals surface area contributed by atoms with Gasteiger partial charge in [-0.25, -0.2) is 9.37 Å². The molecule has 0 aliphatic carbocycles. The Morgan fingerprint density at radius 3 is 2.33 bits per heavy atom. The van der Waals surface area contributed by atoms with E-state index in [0.29, 0.717) is 59.5 Å². The number of hydrogen-bond acceptors (Lipinski definition) is 7. The van der Waals surface area contributed by atoms with E-state index in [-0.39, 0.29) is 19.0 Å². The zero-order chi connectivity index (χ0) is 31.9. The minimum Gasteiger partial charge on any atom is -0.496 e. The van der Waals surface area contributed by atoms with E-state index >= 15 is 4.39 Å². The molecule has 0 atom stereocenters. The van der Waals surface area contributed by atoms with E-state index in [2.05, 4.69) is 10.6 Å². The van der Waals surface area contributed by atoms with E-state index in [4.69, 9.17) is 36.0 Å². The van der Waals surface area contributed by atoms with Gasteiger partial charge in [-0.3, -0.25) is 0 Å². The summed E-state index contributed by atoms with van der Waals surface area (Å²) in [5.74, 6) is 0.674. The summed E-state index contributed by atoms with van der Waals surface area (Å²) in [5, 5.41) is 24.8. The van der Waals surface area contributed by atoms with Crippen LogP contribution in [-0.4, -0.2) is 48.6 Å². The van der Waals surface area contributed by atoms with Crippen molar-refractivity contribution in [2.24, 2.45) is 0 Å². The lowest BCUT2D eigenvalue weighted by Crippen LogP contribution is -2.17. The summed E-state index contributed by atoms with van der Waals surface area (Å²) in [7, 11) is 1.56. The van der Waals surface area contributed by atoms with Crippen LogP contribution in [0, 0.1) is 13.8 Å². The highest BCUT2D eigenvalue weighted by Gasteiger charge is 2.18. The number of fused-ring (bicyclic) bond motifs is 1. The van der Waals surface area contributed by atoms with Gasteiger partial charge in [-0.1, -0.05) is 54.1 Å². The van der Waals surface area contributed by atoms with Crippen molar-refractivity contribution in [3.8, 4) is 28.3 Å². The molecule has 234 valence electrons. The minimum atomic E-state index is -0.372. The zero-order valence-corrected chi connectivity index (χ0v) is 26.3. The number of aliphatic hydroxyl groups is 2. The summed E-state index contributed by atoms with van der Waals surface area (Å²) in [5.41, 5.74) is 8.91. The number of rotatable bonds is 13. The van der Waals surface area contributed by atoms with Crippen molar-refractivity contribution in [1.29, 1.82) is 0 Å². The van der Waals surface area contributed by atoms with Crippen LogP contribution in [-0.2, 0) is 13.1 Å². The number of oxazole rings is 1. The van der Waals surface area contributed by atoms with E-state index in [0.717, 1.165) is 44.5 Å². The summed E-state index contributed by atoms with van der Waals surface area (Å²) in [4.78, 5) is 4.77. The first-order valence-electron chi connectivity index (χ1n) is 14.8. The number of hydrogen-bond donors (Lipinski definition) is 4. The van der Waals surface area contributed by atoms with Crippen molar-refractivity contribution >= 4 is 34.6 Å². The fourth-order valence-corrected chi connectivity index (χ4v) is 5.67. The van der Waals surface area contributed by atoms with Gasteiger partial charge < -0.3 is 30.0 Å². The van der Waals surface area contributed by atoms with Gasteiger partial charge in [-0.05, 0) is 77.6 Å². The van der Waals surface area contributed by atoms with Crippen LogP contribution in [0.3, 0.4) is 0 Å². The van der Waals surface area contributed by atoms with Crippen LogP contribution in [0.4, 0.5) is 4.39 Å². The number of halogens is 2. The molecule has 4 N–H and O–H groups in total. The average molecular weight is 630 g/mol. The van der Waals surface area contributed by atoms with Crippen LogP contribution in [0.2, 0.25) is 5.02 Å². The van der Waals surface area contributed by atoms with Crippen molar-refractivity contribution < 1.29 is 23.8 Å². The lowest BCUT2D eigenvalue weighted by molar-refractivity contribution is 0.291. The van der Waals surface area contributed by atoms with Crippen molar-refractivity contribution in [3.05, 3.63) is 105 Å². The number of nitrogens with zero attached hydrogens (tertiary/aromatic N) is 1. The van der Waals surface area contributed by atoms with E-state index in [1.165, 1.54) is 0 Å². The SMILES string of the molecule is COc1cc(C(F)=Cc2cccc(-c3cccc(-c4nc5cc(CNCCO)cc(Cl)c5o4)c3C)c2C)ccc1CNCCO. The Morgan fingerprint density at radius 1 is 0.911 bits per heavy atom. The van der Waals surface area contributed by atoms with Crippen molar-refractivity contribution in [1.82, 2.24) is 15.6 Å². The fraction of sp³-hybridized carbons (Fsp3) is 0.250. The average Bonchev–Trinajstić information content (AvgIpc) is 3.47. The van der Waals surface area contributed by atoms with Crippen molar-refractivity contribution in [2.75, 3.05) is 33.4 Å². The van der Waals surface area contributed by atoms with Crippen LogP contribution >= 0.6 is 11.6 Å². The second kappa shape index (κ2) is 14.8. The first-order chi connectivity index (χ1) is 21.8. The van der Waals surface area contributed by atoms with Gasteiger partial charge in [-0.2, -0.15) is 0 Å². The summed E-state index contributed by atoms with van der Waals surface area (Å²) >= 11 is 6.55. The van der Waals surface area contributed by atoms with Gasteiger partial charge in [0.1, 0.15) is 17.1 Å². The van der Waals surface area contributed by atoms with Gasteiger partial charge in [0.2, 0.25) is 5.89 Å². The summed E-state index contributed by atoms with van der Waals surface area (Å²) in [6.45, 7) is 6.13. The molecule has 0 radical (unpaired) electrons. The third kappa shape index (κ3) is 7.27. The molecule has 5 rings (SSSR count). The van der Waals surface area contributed by atoms with Crippen LogP contribution in [0.5, 0.6) is 5.75 Å². The first kappa shape index (κ1) is 32.3. The first-order valence-corrected chi connectivity index (χ1v) is 15.2. The molecule has 1 heterocycles. The molecule has 0 amide bonds. The highest BCUT2D eigenvalue weighted by atomic mass is 35.5. The maximum absolute atomic E-state index is 15.6. The molecular weight excluding hydrogens is 593 g/mol. The summed E-state index contributed by atoms with van der Waals surface area (Å²) in [6.07, 6.45) is 1.55. The second-order valence-electron chi connectivity index (χ2n) is 10.8. The maximum Gasteiger partial charge on any atom is 0.227 e. The number of benzene rings is 4. The predicted octanol–water partition coefficient (Wildman–Crippen LogP) is 7.07. The molecule has 0 saturated heterocycles. The number of ether oxygens (including phenoxy) is 1. The van der Waals surface area contributed by atoms with Gasteiger partial charge in [0.05, 0.1) is 25.3 Å². The molecular formula is C36H37ClFN3O4. The van der Waals surface area contributed by atoms with Crippen molar-refractivity contribution in [2.45, 2.75) is 26.9 Å². The standard InChI is InChI=1S/C36H37ClFN3O4/c1-22-25(18-32(38)26-10-11-27(21-40-13-15-43)34(19-26)44-3)6-4-7-28(22)29-8-5-9-30(23(29)2)36-41-33-17-24(20-39-12-14-42)16-31(37)35(33)45-36/h4-11,16-19,39-40,42-43H,12-15,20-21H2,1-3H3. The molecule has 0 fully saturated rings. The number of methoxy groups -OCH3 is 1. The monoisotopic (exact) mass is 629 g/mol. The molecule has 0 saturated carbocycles. The molecule has 0 aliphatic heterocycles. The Morgan fingerprint density at radius 2 is 1.60 bits per heavy atom. The summed E-state index contributed by atoms with van der Waals surface area (Å²) in [6, 6.07) is 20.9. The molecule has 1 aromatic heterocycles. The smallest absolute Gasteiger partial charge is 0.227 e. The lowest BCUT2D eigenvalue weighted by Gasteiger charge is -2.14. The molecule has 7 nitrogen and oxygen atoms in total. The Labute approximate surface area is 267 Å². The summed E-state index contributed by atoms with van der Waals surface area (Å²) < 4.78 is 27.3. The Balaban J connectivity index is 1.46. The molecule has 0 aliphatic rings. The quantitative estimate of drug-likeness (QED) is 0.0816. The van der Waals surface area contributed by atoms with Crippen molar-refractivity contribution in [3.63, 3.8) is 0 Å². The molecule has 9 heteroatoms. The van der Waals surface area contributed by atoms with Gasteiger partial charge in [-0.15, -0.1) is 0 Å². The van der Waals surface area contributed by atoms with Gasteiger partial charge >= 0.3 is 0 Å². The Hall–Kier alpha value is -4.05. The third-order valence-corrected chi connectivity index (χ3v) is 8.08. The van der Waals surface area contributed by atoms with Gasteiger partial charge in [0, 0.05) is 42.9 Å². The van der Waals surface area contributed by atoms with Crippen LogP contribution in [0.15, 0.2) is 71.1 Å². The van der Waals surface area contributed by atoms with E-state index < -0.39 is 0 Å². The molecule has 0 bridgehead atoms. The normalized spacial score (nSPS) is 11.8. The maximum atomic E-state index is 15.6. The lowest BCUT2D eigenvalue weighted by atomic mass is 9.91. The minimum absolute atomic E-state index is 0.0395. The van der Waals surface area contributed by atoms with Crippen LogP contribution in [0.25, 0.3) is 45.6 Å². The fourth-order valence-electron chi connectivity index (χ4n) is 5.40. The Kier molecular flexibility index (Phi) is 10.7. The topological polar surface area (TPSA) is 99.8 Å². The van der Waals surface area contributed by atoms with E-state index in [1.807, 2.05) is 68.4 Å². The molecule has 45 heavy (non-hydrogen) atoms. The third-order valence-electron chi connectivity index (χ3n) is 7.80. The highest BCUT2D eigenvalue weighted by Crippen LogP contribution is 2.37. The van der Waals surface area contributed by atoms with Gasteiger partial charge in [0.25, 0.3) is 0 Å². The molecule has 5 aromatic rings. The Bertz CT molecular complexity index is 1840. The van der Waals surface area contributed by atoms with Crippen LogP contribution in [0.1, 0.15) is 33.4 Å². The molecule has 0 spiro atoms. The second-order valence-corrected chi connectivity index (χ2v) is 11.2. The number of nitrogens with one attached hydrogen (secondary N) is 2. The van der Waals surface area contributed by atoms with Gasteiger partial charge in [0.15, 0.2) is 5.58 Å². The highest BCUT2D eigenvalue weighted by molar-refractivity contribution is 6.34.